The van der Waals surface area contributed by atoms with Gasteiger partial charge >= 0.3 is 0 Å². The fraction of sp³-hybridized carbons (Fsp3) is 0.0769. The fourth-order valence-electron chi connectivity index (χ4n) is 1.56. The van der Waals surface area contributed by atoms with E-state index in [9.17, 15) is 8.42 Å². The molecule has 0 saturated heterocycles. The summed E-state index contributed by atoms with van der Waals surface area (Å²) in [7, 11) is -3.71. The Morgan fingerprint density at radius 2 is 1.80 bits per heavy atom. The van der Waals surface area contributed by atoms with Crippen LogP contribution in [-0.2, 0) is 10.0 Å². The number of nitrogens with one attached hydrogen (secondary N) is 1. The lowest BCUT2D eigenvalue weighted by atomic mass is 10.2. The van der Waals surface area contributed by atoms with Crippen molar-refractivity contribution in [3.63, 3.8) is 0 Å². The zero-order valence-electron chi connectivity index (χ0n) is 10.3. The predicted molar refractivity (Wildman–Crippen MR) is 86.1 cm³/mol. The topological polar surface area (TPSA) is 46.2 Å². The average Bonchev–Trinajstić information content (AvgIpc) is 2.36. The van der Waals surface area contributed by atoms with Crippen LogP contribution >= 0.6 is 39.1 Å². The minimum atomic E-state index is -3.71. The first-order valence-electron chi connectivity index (χ1n) is 5.53. The number of rotatable bonds is 3. The summed E-state index contributed by atoms with van der Waals surface area (Å²) in [4.78, 5) is 0.139. The summed E-state index contributed by atoms with van der Waals surface area (Å²) in [5, 5.41) is 0.742. The number of hydrogen-bond donors (Lipinski definition) is 1. The summed E-state index contributed by atoms with van der Waals surface area (Å²) >= 11 is 15.3. The number of benzene rings is 2. The Morgan fingerprint density at radius 1 is 1.10 bits per heavy atom. The molecular formula is C13H10BrCl2NO2S. The van der Waals surface area contributed by atoms with Gasteiger partial charge in [0.15, 0.2) is 0 Å². The predicted octanol–water partition coefficient (Wildman–Crippen LogP) is 4.87. The normalized spacial score (nSPS) is 11.4. The second-order valence-electron chi connectivity index (χ2n) is 4.14. The molecule has 0 amide bonds. The highest BCUT2D eigenvalue weighted by atomic mass is 79.9. The summed E-state index contributed by atoms with van der Waals surface area (Å²) in [5.74, 6) is 0. The van der Waals surface area contributed by atoms with Crippen LogP contribution in [0.2, 0.25) is 10.0 Å². The highest BCUT2D eigenvalue weighted by Gasteiger charge is 2.16. The SMILES string of the molecule is Cc1cc(Cl)c(NS(=O)(=O)c2cccc(Br)c2)cc1Cl. The van der Waals surface area contributed by atoms with Crippen LogP contribution in [0, 0.1) is 6.92 Å². The smallest absolute Gasteiger partial charge is 0.261 e. The van der Waals surface area contributed by atoms with Gasteiger partial charge < -0.3 is 0 Å². The highest BCUT2D eigenvalue weighted by molar-refractivity contribution is 9.10. The van der Waals surface area contributed by atoms with Gasteiger partial charge in [-0.3, -0.25) is 4.72 Å². The molecule has 0 aliphatic heterocycles. The number of sulfonamides is 1. The van der Waals surface area contributed by atoms with Crippen LogP contribution < -0.4 is 4.72 Å². The highest BCUT2D eigenvalue weighted by Crippen LogP contribution is 2.30. The molecule has 0 heterocycles. The van der Waals surface area contributed by atoms with Crippen molar-refractivity contribution in [3.8, 4) is 0 Å². The molecule has 0 aliphatic carbocycles. The van der Waals surface area contributed by atoms with Crippen LogP contribution in [0.1, 0.15) is 5.56 Å². The van der Waals surface area contributed by atoms with Crippen LogP contribution in [0.15, 0.2) is 45.8 Å². The van der Waals surface area contributed by atoms with Gasteiger partial charge in [0.25, 0.3) is 10.0 Å². The summed E-state index contributed by atoms with van der Waals surface area (Å²) in [6.07, 6.45) is 0. The molecule has 106 valence electrons. The molecule has 0 aliphatic rings. The number of aryl methyl sites for hydroxylation is 1. The molecule has 2 aromatic rings. The Bertz CT molecular complexity index is 763. The first-order valence-corrected chi connectivity index (χ1v) is 8.57. The van der Waals surface area contributed by atoms with Crippen LogP contribution in [0.25, 0.3) is 0 Å². The van der Waals surface area contributed by atoms with Gasteiger partial charge in [0.1, 0.15) is 0 Å². The van der Waals surface area contributed by atoms with Crippen molar-refractivity contribution in [1.29, 1.82) is 0 Å². The second-order valence-corrected chi connectivity index (χ2v) is 7.56. The van der Waals surface area contributed by atoms with Crippen LogP contribution in [-0.4, -0.2) is 8.42 Å². The van der Waals surface area contributed by atoms with E-state index in [2.05, 4.69) is 20.7 Å². The van der Waals surface area contributed by atoms with Gasteiger partial charge in [0.05, 0.1) is 15.6 Å². The minimum Gasteiger partial charge on any atom is -0.278 e. The molecule has 0 saturated carbocycles. The summed E-state index contributed by atoms with van der Waals surface area (Å²) in [5.41, 5.74) is 1.03. The molecule has 2 rings (SSSR count). The number of anilines is 1. The Balaban J connectivity index is 2.41. The Labute approximate surface area is 136 Å². The van der Waals surface area contributed by atoms with Crippen molar-refractivity contribution in [1.82, 2.24) is 0 Å². The molecule has 1 N–H and O–H groups in total. The monoisotopic (exact) mass is 393 g/mol. The quantitative estimate of drug-likeness (QED) is 0.807. The molecule has 3 nitrogen and oxygen atoms in total. The van der Waals surface area contributed by atoms with E-state index in [1.807, 2.05) is 0 Å². The van der Waals surface area contributed by atoms with Crippen molar-refractivity contribution in [2.45, 2.75) is 11.8 Å². The maximum absolute atomic E-state index is 12.3. The molecule has 0 spiro atoms. The van der Waals surface area contributed by atoms with Crippen molar-refractivity contribution in [3.05, 3.63) is 56.5 Å². The van der Waals surface area contributed by atoms with E-state index in [0.717, 1.165) is 5.56 Å². The van der Waals surface area contributed by atoms with E-state index < -0.39 is 10.0 Å². The van der Waals surface area contributed by atoms with E-state index in [-0.39, 0.29) is 10.6 Å². The largest absolute Gasteiger partial charge is 0.278 e. The second kappa shape index (κ2) is 5.93. The lowest BCUT2D eigenvalue weighted by molar-refractivity contribution is 0.601. The standard InChI is InChI=1S/C13H10BrCl2NO2S/c1-8-5-12(16)13(7-11(8)15)17-20(18,19)10-4-2-3-9(14)6-10/h2-7,17H,1H3. The number of halogens is 3. The molecule has 0 radical (unpaired) electrons. The Kier molecular flexibility index (Phi) is 4.64. The molecule has 0 unspecified atom stereocenters. The Hall–Kier alpha value is -0.750. The summed E-state index contributed by atoms with van der Waals surface area (Å²) in [6.45, 7) is 1.79. The van der Waals surface area contributed by atoms with E-state index in [1.54, 1.807) is 25.1 Å². The summed E-state index contributed by atoms with van der Waals surface area (Å²) < 4.78 is 27.6. The molecule has 2 aromatic carbocycles. The summed E-state index contributed by atoms with van der Waals surface area (Å²) in [6, 6.07) is 9.50. The first kappa shape index (κ1) is 15.6. The molecular weight excluding hydrogens is 385 g/mol. The lowest BCUT2D eigenvalue weighted by Gasteiger charge is -2.11. The maximum atomic E-state index is 12.3. The maximum Gasteiger partial charge on any atom is 0.261 e. The van der Waals surface area contributed by atoms with E-state index in [0.29, 0.717) is 14.5 Å². The zero-order chi connectivity index (χ0) is 14.9. The van der Waals surface area contributed by atoms with E-state index in [4.69, 9.17) is 23.2 Å². The van der Waals surface area contributed by atoms with Crippen molar-refractivity contribution in [2.24, 2.45) is 0 Å². The van der Waals surface area contributed by atoms with E-state index >= 15 is 0 Å². The van der Waals surface area contributed by atoms with Crippen molar-refractivity contribution in [2.75, 3.05) is 4.72 Å². The number of hydrogen-bond acceptors (Lipinski definition) is 2. The van der Waals surface area contributed by atoms with Crippen molar-refractivity contribution >= 4 is 54.8 Å². The van der Waals surface area contributed by atoms with Gasteiger partial charge in [-0.1, -0.05) is 45.2 Å². The van der Waals surface area contributed by atoms with Crippen LogP contribution in [0.4, 0.5) is 5.69 Å². The van der Waals surface area contributed by atoms with Crippen molar-refractivity contribution < 1.29 is 8.42 Å². The molecule has 7 heteroatoms. The molecule has 20 heavy (non-hydrogen) atoms. The van der Waals surface area contributed by atoms with Gasteiger partial charge in [-0.05, 0) is 42.8 Å². The van der Waals surface area contributed by atoms with Gasteiger partial charge in [-0.15, -0.1) is 0 Å². The van der Waals surface area contributed by atoms with E-state index in [1.165, 1.54) is 18.2 Å². The molecule has 0 fully saturated rings. The molecule has 0 bridgehead atoms. The minimum absolute atomic E-state index is 0.139. The third-order valence-electron chi connectivity index (χ3n) is 2.60. The van der Waals surface area contributed by atoms with Gasteiger partial charge in [-0.25, -0.2) is 8.42 Å². The zero-order valence-corrected chi connectivity index (χ0v) is 14.2. The molecule has 0 aromatic heterocycles. The van der Waals surface area contributed by atoms with Gasteiger partial charge in [0, 0.05) is 9.50 Å². The Morgan fingerprint density at radius 3 is 2.45 bits per heavy atom. The average molecular weight is 395 g/mol. The van der Waals surface area contributed by atoms with Crippen LogP contribution in [0.3, 0.4) is 0 Å². The first-order chi connectivity index (χ1) is 9.29. The third-order valence-corrected chi connectivity index (χ3v) is 5.18. The fourth-order valence-corrected chi connectivity index (χ4v) is 3.71. The van der Waals surface area contributed by atoms with Gasteiger partial charge in [-0.2, -0.15) is 0 Å². The third kappa shape index (κ3) is 3.47. The lowest BCUT2D eigenvalue weighted by Crippen LogP contribution is -2.13. The molecule has 0 atom stereocenters. The van der Waals surface area contributed by atoms with Gasteiger partial charge in [0.2, 0.25) is 0 Å². The van der Waals surface area contributed by atoms with Crippen LogP contribution in [0.5, 0.6) is 0 Å².